The molecule has 0 aliphatic carbocycles. The second-order valence-corrected chi connectivity index (χ2v) is 5.92. The number of nitrogens with zero attached hydrogens (tertiary/aromatic N) is 1. The Morgan fingerprint density at radius 3 is 2.64 bits per heavy atom. The van der Waals surface area contributed by atoms with Gasteiger partial charge >= 0.3 is 0 Å². The van der Waals surface area contributed by atoms with E-state index in [-0.39, 0.29) is 24.2 Å². The quantitative estimate of drug-likeness (QED) is 0.837. The molecule has 0 saturated carbocycles. The van der Waals surface area contributed by atoms with E-state index in [1.165, 1.54) is 17.2 Å². The van der Waals surface area contributed by atoms with Crippen molar-refractivity contribution >= 4 is 5.91 Å². The molecule has 114 valence electrons. The number of carbonyl (C=O) groups excluding carboxylic acids is 1. The lowest BCUT2D eigenvalue weighted by molar-refractivity contribution is -0.131. The number of hydrogen-bond acceptors (Lipinski definition) is 1. The summed E-state index contributed by atoms with van der Waals surface area (Å²) in [7, 11) is 0. The first kappa shape index (κ1) is 14.8. The Balaban J connectivity index is 1.76. The zero-order chi connectivity index (χ0) is 15.5. The Hall–Kier alpha value is -2.16. The topological polar surface area (TPSA) is 20.3 Å². The molecule has 0 bridgehead atoms. The van der Waals surface area contributed by atoms with E-state index in [0.717, 1.165) is 19.4 Å². The van der Waals surface area contributed by atoms with E-state index in [9.17, 15) is 9.18 Å². The Morgan fingerprint density at radius 2 is 1.91 bits per heavy atom. The zero-order valence-corrected chi connectivity index (χ0v) is 12.8. The first-order chi connectivity index (χ1) is 10.6. The Labute approximate surface area is 130 Å². The van der Waals surface area contributed by atoms with Crippen molar-refractivity contribution in [2.45, 2.75) is 32.2 Å². The fourth-order valence-corrected chi connectivity index (χ4v) is 3.11. The summed E-state index contributed by atoms with van der Waals surface area (Å²) >= 11 is 0. The minimum Gasteiger partial charge on any atom is -0.335 e. The Kier molecular flexibility index (Phi) is 4.23. The highest BCUT2D eigenvalue weighted by Gasteiger charge is 2.29. The standard InChI is InChI=1S/C19H20FNO/c1-14-8-10-15(11-9-14)18-7-4-12-21(18)19(22)13-16-5-2-3-6-17(16)20/h2-3,5-6,8-11,18H,4,7,12-13H2,1H3/t18-/m1/s1. The lowest BCUT2D eigenvalue weighted by Gasteiger charge is -2.25. The highest BCUT2D eigenvalue weighted by atomic mass is 19.1. The summed E-state index contributed by atoms with van der Waals surface area (Å²) in [6.07, 6.45) is 2.11. The molecule has 3 rings (SSSR count). The van der Waals surface area contributed by atoms with Gasteiger partial charge in [0.25, 0.3) is 0 Å². The molecule has 1 saturated heterocycles. The summed E-state index contributed by atoms with van der Waals surface area (Å²) < 4.78 is 13.7. The second kappa shape index (κ2) is 6.30. The number of hydrogen-bond donors (Lipinski definition) is 0. The van der Waals surface area contributed by atoms with Crippen LogP contribution in [0.3, 0.4) is 0 Å². The lowest BCUT2D eigenvalue weighted by atomic mass is 10.0. The third kappa shape index (κ3) is 3.03. The van der Waals surface area contributed by atoms with Gasteiger partial charge in [0, 0.05) is 6.54 Å². The van der Waals surface area contributed by atoms with Gasteiger partial charge in [-0.25, -0.2) is 4.39 Å². The average Bonchev–Trinajstić information content (AvgIpc) is 3.00. The second-order valence-electron chi connectivity index (χ2n) is 5.92. The molecule has 0 unspecified atom stereocenters. The third-order valence-electron chi connectivity index (χ3n) is 4.33. The average molecular weight is 297 g/mol. The predicted octanol–water partition coefficient (Wildman–Crippen LogP) is 4.04. The first-order valence-electron chi connectivity index (χ1n) is 7.74. The van der Waals surface area contributed by atoms with Crippen molar-refractivity contribution in [3.05, 3.63) is 71.0 Å². The van der Waals surface area contributed by atoms with Crippen molar-refractivity contribution in [2.24, 2.45) is 0 Å². The van der Waals surface area contributed by atoms with Crippen LogP contribution in [0.2, 0.25) is 0 Å². The molecule has 3 heteroatoms. The number of aryl methyl sites for hydroxylation is 1. The van der Waals surface area contributed by atoms with Crippen LogP contribution < -0.4 is 0 Å². The molecular weight excluding hydrogens is 277 g/mol. The van der Waals surface area contributed by atoms with Gasteiger partial charge in [-0.05, 0) is 37.0 Å². The molecule has 2 aromatic carbocycles. The number of benzene rings is 2. The van der Waals surface area contributed by atoms with Crippen molar-refractivity contribution in [2.75, 3.05) is 6.54 Å². The van der Waals surface area contributed by atoms with Gasteiger partial charge in [0.1, 0.15) is 5.82 Å². The number of halogens is 1. The van der Waals surface area contributed by atoms with Gasteiger partial charge in [0.2, 0.25) is 5.91 Å². The molecule has 0 aromatic heterocycles. The van der Waals surface area contributed by atoms with Crippen molar-refractivity contribution in [1.29, 1.82) is 0 Å². The van der Waals surface area contributed by atoms with Crippen LogP contribution in [-0.2, 0) is 11.2 Å². The SMILES string of the molecule is Cc1ccc([C@H]2CCCN2C(=O)Cc2ccccc2F)cc1. The van der Waals surface area contributed by atoms with E-state index in [1.54, 1.807) is 18.2 Å². The van der Waals surface area contributed by atoms with Crippen molar-refractivity contribution in [3.8, 4) is 0 Å². The monoisotopic (exact) mass is 297 g/mol. The number of rotatable bonds is 3. The maximum absolute atomic E-state index is 13.7. The Bertz CT molecular complexity index is 665. The van der Waals surface area contributed by atoms with E-state index >= 15 is 0 Å². The molecule has 0 spiro atoms. The van der Waals surface area contributed by atoms with Crippen LogP contribution in [-0.4, -0.2) is 17.4 Å². The van der Waals surface area contributed by atoms with Gasteiger partial charge in [-0.2, -0.15) is 0 Å². The normalized spacial score (nSPS) is 17.7. The van der Waals surface area contributed by atoms with Gasteiger partial charge in [-0.3, -0.25) is 4.79 Å². The lowest BCUT2D eigenvalue weighted by Crippen LogP contribution is -2.32. The molecule has 1 atom stereocenters. The van der Waals surface area contributed by atoms with Crippen LogP contribution in [0, 0.1) is 12.7 Å². The van der Waals surface area contributed by atoms with E-state index in [1.807, 2.05) is 4.90 Å². The van der Waals surface area contributed by atoms with Gasteiger partial charge in [-0.1, -0.05) is 48.0 Å². The summed E-state index contributed by atoms with van der Waals surface area (Å²) in [5.41, 5.74) is 2.86. The number of carbonyl (C=O) groups is 1. The first-order valence-corrected chi connectivity index (χ1v) is 7.74. The van der Waals surface area contributed by atoms with Crippen LogP contribution in [0.25, 0.3) is 0 Å². The fraction of sp³-hybridized carbons (Fsp3) is 0.316. The molecule has 2 nitrogen and oxygen atoms in total. The summed E-state index contributed by atoms with van der Waals surface area (Å²) in [6.45, 7) is 2.81. The molecule has 2 aromatic rings. The highest BCUT2D eigenvalue weighted by molar-refractivity contribution is 5.79. The maximum Gasteiger partial charge on any atom is 0.227 e. The molecule has 22 heavy (non-hydrogen) atoms. The predicted molar refractivity (Wildman–Crippen MR) is 85.0 cm³/mol. The summed E-state index contributed by atoms with van der Waals surface area (Å²) in [6, 6.07) is 15.0. The fourth-order valence-electron chi connectivity index (χ4n) is 3.11. The molecular formula is C19H20FNO. The molecule has 1 fully saturated rings. The van der Waals surface area contributed by atoms with E-state index < -0.39 is 0 Å². The zero-order valence-electron chi connectivity index (χ0n) is 12.8. The van der Waals surface area contributed by atoms with Crippen molar-refractivity contribution in [1.82, 2.24) is 4.90 Å². The summed E-state index contributed by atoms with van der Waals surface area (Å²) in [4.78, 5) is 14.5. The Morgan fingerprint density at radius 1 is 1.18 bits per heavy atom. The summed E-state index contributed by atoms with van der Waals surface area (Å²) in [5.74, 6) is -0.296. The molecule has 1 amide bonds. The van der Waals surface area contributed by atoms with Crippen molar-refractivity contribution < 1.29 is 9.18 Å². The maximum atomic E-state index is 13.7. The minimum atomic E-state index is -0.304. The van der Waals surface area contributed by atoms with E-state index in [0.29, 0.717) is 5.56 Å². The molecule has 1 aliphatic rings. The number of amides is 1. The molecule has 1 heterocycles. The van der Waals surface area contributed by atoms with Gasteiger partial charge in [0.05, 0.1) is 12.5 Å². The van der Waals surface area contributed by atoms with Crippen LogP contribution in [0.5, 0.6) is 0 Å². The van der Waals surface area contributed by atoms with E-state index in [4.69, 9.17) is 0 Å². The third-order valence-corrected chi connectivity index (χ3v) is 4.33. The van der Waals surface area contributed by atoms with Crippen molar-refractivity contribution in [3.63, 3.8) is 0 Å². The highest BCUT2D eigenvalue weighted by Crippen LogP contribution is 2.32. The van der Waals surface area contributed by atoms with Crippen LogP contribution in [0.4, 0.5) is 4.39 Å². The van der Waals surface area contributed by atoms with E-state index in [2.05, 4.69) is 31.2 Å². The van der Waals surface area contributed by atoms with Crippen LogP contribution in [0.1, 0.15) is 35.6 Å². The van der Waals surface area contributed by atoms with Gasteiger partial charge < -0.3 is 4.90 Å². The smallest absolute Gasteiger partial charge is 0.227 e. The van der Waals surface area contributed by atoms with Crippen LogP contribution >= 0.6 is 0 Å². The van der Waals surface area contributed by atoms with Gasteiger partial charge in [-0.15, -0.1) is 0 Å². The van der Waals surface area contributed by atoms with Gasteiger partial charge in [0.15, 0.2) is 0 Å². The summed E-state index contributed by atoms with van der Waals surface area (Å²) in [5, 5.41) is 0. The molecule has 1 aliphatic heterocycles. The van der Waals surface area contributed by atoms with Crippen LogP contribution in [0.15, 0.2) is 48.5 Å². The number of likely N-dealkylation sites (tertiary alicyclic amines) is 1. The molecule has 0 radical (unpaired) electrons. The largest absolute Gasteiger partial charge is 0.335 e. The molecule has 0 N–H and O–H groups in total. The minimum absolute atomic E-state index is 0.00757.